The zero-order valence-corrected chi connectivity index (χ0v) is 34.1. The first-order valence-corrected chi connectivity index (χ1v) is 22.2. The fourth-order valence-electron chi connectivity index (χ4n) is 7.80. The maximum atomic E-state index is 14.8. The highest BCUT2D eigenvalue weighted by atomic mass is 32.2. The number of hydrogen-bond acceptors (Lipinski definition) is 12. The number of aromatic nitrogens is 2. The van der Waals surface area contributed by atoms with E-state index in [2.05, 4.69) is 30.1 Å². The molecular formula is C41H43F3N6O8S2. The summed E-state index contributed by atoms with van der Waals surface area (Å²) in [5, 5.41) is 9.12. The van der Waals surface area contributed by atoms with E-state index in [4.69, 9.17) is 9.47 Å². The van der Waals surface area contributed by atoms with Crippen molar-refractivity contribution in [2.75, 3.05) is 19.0 Å². The molecule has 2 aromatic heterocycles. The molecule has 2 aromatic carbocycles. The number of thiazole rings is 1. The van der Waals surface area contributed by atoms with Gasteiger partial charge in [0, 0.05) is 34.9 Å². The van der Waals surface area contributed by atoms with Crippen LogP contribution in [0.1, 0.15) is 57.8 Å². The average molecular weight is 869 g/mol. The maximum Gasteiger partial charge on any atom is 0.573 e. The van der Waals surface area contributed by atoms with Crippen molar-refractivity contribution in [2.24, 2.45) is 5.92 Å². The van der Waals surface area contributed by atoms with Gasteiger partial charge in [0.15, 0.2) is 5.13 Å². The molecule has 3 amide bonds. The van der Waals surface area contributed by atoms with E-state index < -0.39 is 69.0 Å². The van der Waals surface area contributed by atoms with Crippen molar-refractivity contribution < 1.29 is 50.2 Å². The number of anilines is 1. The number of carbonyl (C=O) groups is 3. The highest BCUT2D eigenvalue weighted by Crippen LogP contribution is 2.46. The standard InChI is InChI=1S/C41H43F3N6O8S2/c1-56-28-13-16-31-25(19-28)17-18-45-36(31)57-29-20-34-35(51)48-40(38(53)49-60(54,55)30-14-15-30)21-26(40)7-5-3-2-4-6-8-32(37(52)50(34)22-29)46-39-47-33(23-59-39)24-9-11-27(12-10-24)58-41(42,43)44/h5,7,9-13,16-19,23,26,29-30,32,34H,2-4,6,8,14-15,20-22H2,1H3,(H,46,47)(H,48,51)(H,49,53)/t26?,29-,32+,34+,40-/m1/s1. The number of fused-ring (bicyclic) bond motifs is 3. The minimum Gasteiger partial charge on any atom is -0.497 e. The van der Waals surface area contributed by atoms with Crippen LogP contribution in [0.2, 0.25) is 0 Å². The third-order valence-corrected chi connectivity index (χ3v) is 13.8. The van der Waals surface area contributed by atoms with Crippen LogP contribution in [0.25, 0.3) is 22.0 Å². The minimum absolute atomic E-state index is 0.00261. The van der Waals surface area contributed by atoms with Gasteiger partial charge in [-0.15, -0.1) is 24.5 Å². The second kappa shape index (κ2) is 16.6. The van der Waals surface area contributed by atoms with Crippen LogP contribution in [-0.4, -0.2) is 90.0 Å². The fourth-order valence-corrected chi connectivity index (χ4v) is 9.94. The topological polar surface area (TPSA) is 178 Å². The number of benzene rings is 2. The third-order valence-electron chi connectivity index (χ3n) is 11.2. The van der Waals surface area contributed by atoms with E-state index >= 15 is 0 Å². The number of nitrogens with one attached hydrogen (secondary N) is 3. The summed E-state index contributed by atoms with van der Waals surface area (Å²) in [6.07, 6.45) is 4.29. The summed E-state index contributed by atoms with van der Waals surface area (Å²) in [7, 11) is -2.35. The van der Waals surface area contributed by atoms with E-state index in [0.29, 0.717) is 65.5 Å². The van der Waals surface area contributed by atoms with E-state index in [1.807, 2.05) is 30.4 Å². The molecule has 5 atom stereocenters. The van der Waals surface area contributed by atoms with E-state index in [1.165, 1.54) is 40.5 Å². The lowest BCUT2D eigenvalue weighted by Crippen LogP contribution is -2.57. The van der Waals surface area contributed by atoms with Crippen molar-refractivity contribution in [3.05, 3.63) is 72.3 Å². The Morgan fingerprint density at radius 3 is 2.57 bits per heavy atom. The van der Waals surface area contributed by atoms with Gasteiger partial charge in [-0.2, -0.15) is 0 Å². The van der Waals surface area contributed by atoms with Gasteiger partial charge < -0.3 is 29.7 Å². The summed E-state index contributed by atoms with van der Waals surface area (Å²) in [4.78, 5) is 53.6. The second-order valence-corrected chi connectivity index (χ2v) is 18.3. The zero-order valence-electron chi connectivity index (χ0n) is 32.4. The van der Waals surface area contributed by atoms with Gasteiger partial charge in [0.2, 0.25) is 27.7 Å². The van der Waals surface area contributed by atoms with Gasteiger partial charge in [-0.05, 0) is 92.4 Å². The molecule has 2 aliphatic heterocycles. The number of allylic oxidation sites excluding steroid dienone is 1. The lowest BCUT2D eigenvalue weighted by atomic mass is 10.1. The van der Waals surface area contributed by atoms with Crippen molar-refractivity contribution in [1.82, 2.24) is 24.9 Å². The molecule has 3 fully saturated rings. The van der Waals surface area contributed by atoms with Crippen LogP contribution in [0.4, 0.5) is 18.3 Å². The molecule has 2 aliphatic carbocycles. The summed E-state index contributed by atoms with van der Waals surface area (Å²) >= 11 is 1.21. The Morgan fingerprint density at radius 1 is 1.03 bits per heavy atom. The minimum atomic E-state index is -4.83. The first-order valence-electron chi connectivity index (χ1n) is 19.7. The van der Waals surface area contributed by atoms with Gasteiger partial charge in [-0.25, -0.2) is 18.4 Å². The van der Waals surface area contributed by atoms with Gasteiger partial charge >= 0.3 is 6.36 Å². The molecule has 0 radical (unpaired) electrons. The summed E-state index contributed by atoms with van der Waals surface area (Å²) in [6.45, 7) is -0.00261. The van der Waals surface area contributed by atoms with Crippen molar-refractivity contribution in [3.8, 4) is 28.6 Å². The predicted molar refractivity (Wildman–Crippen MR) is 216 cm³/mol. The molecular weight excluding hydrogens is 826 g/mol. The first-order chi connectivity index (χ1) is 28.7. The van der Waals surface area contributed by atoms with E-state index in [-0.39, 0.29) is 25.1 Å². The molecule has 4 aromatic rings. The van der Waals surface area contributed by atoms with Gasteiger partial charge in [0.25, 0.3) is 5.91 Å². The van der Waals surface area contributed by atoms with Crippen LogP contribution < -0.4 is 29.6 Å². The molecule has 0 bridgehead atoms. The van der Waals surface area contributed by atoms with Crippen molar-refractivity contribution in [3.63, 3.8) is 0 Å². The van der Waals surface area contributed by atoms with Gasteiger partial charge in [-0.3, -0.25) is 19.1 Å². The lowest BCUT2D eigenvalue weighted by Gasteiger charge is -2.29. The zero-order chi connectivity index (χ0) is 42.2. The number of sulfonamides is 1. The molecule has 14 nitrogen and oxygen atoms in total. The quantitative estimate of drug-likeness (QED) is 0.157. The number of halogens is 3. The normalized spacial score (nSPS) is 25.0. The molecule has 4 aliphatic rings. The number of nitrogens with zero attached hydrogens (tertiary/aromatic N) is 3. The van der Waals surface area contributed by atoms with Crippen LogP contribution in [0.15, 0.2) is 72.3 Å². The molecule has 318 valence electrons. The number of carbonyl (C=O) groups excluding carboxylic acids is 3. The van der Waals surface area contributed by atoms with Crippen LogP contribution in [0, 0.1) is 5.92 Å². The number of ether oxygens (including phenoxy) is 3. The van der Waals surface area contributed by atoms with E-state index in [9.17, 15) is 36.0 Å². The predicted octanol–water partition coefficient (Wildman–Crippen LogP) is 6.10. The van der Waals surface area contributed by atoms with Crippen LogP contribution in [0.5, 0.6) is 17.4 Å². The summed E-state index contributed by atoms with van der Waals surface area (Å²) in [5.74, 6) is -1.71. The smallest absolute Gasteiger partial charge is 0.497 e. The molecule has 1 unspecified atom stereocenters. The maximum absolute atomic E-state index is 14.8. The largest absolute Gasteiger partial charge is 0.573 e. The average Bonchev–Trinajstić information content (AvgIpc) is 4.10. The molecule has 1 saturated heterocycles. The second-order valence-electron chi connectivity index (χ2n) is 15.5. The van der Waals surface area contributed by atoms with E-state index in [0.717, 1.165) is 18.2 Å². The number of rotatable bonds is 10. The molecule has 60 heavy (non-hydrogen) atoms. The number of methoxy groups -OCH3 is 1. The van der Waals surface area contributed by atoms with Crippen LogP contribution in [0.3, 0.4) is 0 Å². The molecule has 4 heterocycles. The summed E-state index contributed by atoms with van der Waals surface area (Å²) < 4.78 is 82.0. The van der Waals surface area contributed by atoms with Crippen LogP contribution >= 0.6 is 11.3 Å². The molecule has 2 saturated carbocycles. The van der Waals surface area contributed by atoms with Gasteiger partial charge in [0.1, 0.15) is 35.2 Å². The monoisotopic (exact) mass is 868 g/mol. The summed E-state index contributed by atoms with van der Waals surface area (Å²) in [5.41, 5.74) is -0.518. The molecule has 0 spiro atoms. The van der Waals surface area contributed by atoms with Gasteiger partial charge in [-0.1, -0.05) is 25.0 Å². The van der Waals surface area contributed by atoms with E-state index in [1.54, 1.807) is 24.8 Å². The molecule has 3 N–H and O–H groups in total. The number of hydrogen-bond donors (Lipinski definition) is 3. The summed E-state index contributed by atoms with van der Waals surface area (Å²) in [6, 6.07) is 10.6. The van der Waals surface area contributed by atoms with Crippen molar-refractivity contribution in [2.45, 2.75) is 93.1 Å². The van der Waals surface area contributed by atoms with Crippen LogP contribution in [-0.2, 0) is 24.4 Å². The Balaban J connectivity index is 1.08. The van der Waals surface area contributed by atoms with Crippen molar-refractivity contribution >= 4 is 55.0 Å². The third kappa shape index (κ3) is 9.16. The van der Waals surface area contributed by atoms with Gasteiger partial charge in [0.05, 0.1) is 24.6 Å². The Hall–Kier alpha value is -5.43. The molecule has 8 rings (SSSR count). The number of amides is 3. The Bertz CT molecular complexity index is 2410. The molecule has 19 heteroatoms. The van der Waals surface area contributed by atoms with Crippen molar-refractivity contribution in [1.29, 1.82) is 0 Å². The number of alkyl halides is 3. The lowest BCUT2D eigenvalue weighted by molar-refractivity contribution is -0.274. The highest BCUT2D eigenvalue weighted by Gasteiger charge is 2.62. The number of pyridine rings is 1. The SMILES string of the molecule is COc1ccc2c(O[C@@H]3C[C@H]4C(=O)N[C@]5(C(=O)NS(=O)(=O)C6CC6)CC5C=CCCCCC[C@H](Nc5nc(-c6ccc(OC(F)(F)F)cc6)cs5)C(=O)N4C3)nccc2c1. The Morgan fingerprint density at radius 2 is 1.82 bits per heavy atom. The Kier molecular flexibility index (Phi) is 11.4. The Labute approximate surface area is 347 Å². The highest BCUT2D eigenvalue weighted by molar-refractivity contribution is 7.91. The first kappa shape index (κ1) is 41.3. The fraction of sp³-hybridized carbons (Fsp3) is 0.439.